The van der Waals surface area contributed by atoms with Gasteiger partial charge >= 0.3 is 0 Å². The van der Waals surface area contributed by atoms with Crippen LogP contribution in [-0.4, -0.2) is 48.4 Å². The molecule has 0 unspecified atom stereocenters. The zero-order valence-corrected chi connectivity index (χ0v) is 18.0. The van der Waals surface area contributed by atoms with Gasteiger partial charge in [0.1, 0.15) is 17.2 Å². The Kier molecular flexibility index (Phi) is 6.92. The topological polar surface area (TPSA) is 94.5 Å². The molecular formula is C23H26N4O4. The van der Waals surface area contributed by atoms with Gasteiger partial charge in [-0.15, -0.1) is 0 Å². The van der Waals surface area contributed by atoms with E-state index in [1.54, 1.807) is 43.3 Å². The van der Waals surface area contributed by atoms with Gasteiger partial charge in [-0.3, -0.25) is 9.59 Å². The lowest BCUT2D eigenvalue weighted by molar-refractivity contribution is -0.120. The summed E-state index contributed by atoms with van der Waals surface area (Å²) in [5.41, 5.74) is 2.13. The number of nitrogens with one attached hydrogen (secondary N) is 2. The van der Waals surface area contributed by atoms with E-state index in [4.69, 9.17) is 9.47 Å². The second-order valence-electron chi connectivity index (χ2n) is 7.14. The average Bonchev–Trinajstić information content (AvgIpc) is 3.22. The van der Waals surface area contributed by atoms with Crippen LogP contribution in [0.3, 0.4) is 0 Å². The molecule has 3 rings (SSSR count). The zero-order chi connectivity index (χ0) is 22.4. The molecule has 0 saturated carbocycles. The first kappa shape index (κ1) is 21.9. The molecule has 0 bridgehead atoms. The van der Waals surface area contributed by atoms with Gasteiger partial charge in [0.2, 0.25) is 5.91 Å². The molecular weight excluding hydrogens is 396 g/mol. The van der Waals surface area contributed by atoms with E-state index in [2.05, 4.69) is 15.7 Å². The lowest BCUT2D eigenvalue weighted by atomic mass is 10.1. The van der Waals surface area contributed by atoms with Crippen LogP contribution in [0.15, 0.2) is 54.7 Å². The molecule has 0 aliphatic carbocycles. The number of nitrogens with zero attached hydrogens (tertiary/aromatic N) is 2. The van der Waals surface area contributed by atoms with Crippen LogP contribution in [0.2, 0.25) is 0 Å². The van der Waals surface area contributed by atoms with Crippen molar-refractivity contribution in [2.24, 2.45) is 0 Å². The number of carbonyl (C=O) groups is 2. The van der Waals surface area contributed by atoms with E-state index < -0.39 is 5.91 Å². The van der Waals surface area contributed by atoms with E-state index in [0.29, 0.717) is 28.3 Å². The minimum Gasteiger partial charge on any atom is -0.497 e. The Morgan fingerprint density at radius 3 is 2.45 bits per heavy atom. The van der Waals surface area contributed by atoms with Crippen molar-refractivity contribution < 1.29 is 19.1 Å². The van der Waals surface area contributed by atoms with E-state index in [-0.39, 0.29) is 18.5 Å². The first-order valence-corrected chi connectivity index (χ1v) is 9.88. The molecule has 0 aliphatic rings. The second kappa shape index (κ2) is 9.80. The van der Waals surface area contributed by atoms with Crippen LogP contribution in [-0.2, 0) is 4.79 Å². The average molecular weight is 422 g/mol. The molecule has 31 heavy (non-hydrogen) atoms. The molecule has 0 spiro atoms. The van der Waals surface area contributed by atoms with Crippen LogP contribution in [0.25, 0.3) is 16.9 Å². The Balaban J connectivity index is 2.03. The molecule has 0 fully saturated rings. The van der Waals surface area contributed by atoms with Crippen LogP contribution < -0.4 is 20.1 Å². The van der Waals surface area contributed by atoms with E-state index >= 15 is 0 Å². The maximum absolute atomic E-state index is 13.0. The molecule has 1 aromatic heterocycles. The van der Waals surface area contributed by atoms with Gasteiger partial charge in [0.05, 0.1) is 32.0 Å². The third-order valence-corrected chi connectivity index (χ3v) is 4.50. The van der Waals surface area contributed by atoms with Gasteiger partial charge in [0.25, 0.3) is 5.91 Å². The largest absolute Gasteiger partial charge is 0.497 e. The summed E-state index contributed by atoms with van der Waals surface area (Å²) >= 11 is 0. The molecule has 3 aromatic rings. The van der Waals surface area contributed by atoms with Crippen LogP contribution in [0.1, 0.15) is 24.2 Å². The Morgan fingerprint density at radius 2 is 1.81 bits per heavy atom. The van der Waals surface area contributed by atoms with Crippen molar-refractivity contribution in [1.29, 1.82) is 0 Å². The maximum Gasteiger partial charge on any atom is 0.255 e. The highest BCUT2D eigenvalue weighted by molar-refractivity contribution is 6.02. The van der Waals surface area contributed by atoms with Crippen molar-refractivity contribution in [3.05, 3.63) is 60.3 Å². The number of amides is 2. The van der Waals surface area contributed by atoms with Gasteiger partial charge in [-0.2, -0.15) is 5.10 Å². The normalized spacial score (nSPS) is 10.6. The molecule has 8 nitrogen and oxygen atoms in total. The first-order chi connectivity index (χ1) is 14.9. The third kappa shape index (κ3) is 5.22. The number of aromatic nitrogens is 2. The zero-order valence-electron chi connectivity index (χ0n) is 18.0. The molecule has 0 atom stereocenters. The summed E-state index contributed by atoms with van der Waals surface area (Å²) in [6, 6.07) is 14.7. The number of hydrogen-bond acceptors (Lipinski definition) is 5. The number of para-hydroxylation sites is 1. The van der Waals surface area contributed by atoms with Crippen LogP contribution in [0, 0.1) is 0 Å². The lowest BCUT2D eigenvalue weighted by Crippen LogP contribution is -2.39. The number of benzene rings is 2. The number of rotatable bonds is 8. The smallest absolute Gasteiger partial charge is 0.255 e. The van der Waals surface area contributed by atoms with Gasteiger partial charge in [-0.1, -0.05) is 18.2 Å². The molecule has 1 heterocycles. The van der Waals surface area contributed by atoms with Crippen molar-refractivity contribution >= 4 is 11.8 Å². The fourth-order valence-electron chi connectivity index (χ4n) is 3.08. The van der Waals surface area contributed by atoms with Crippen molar-refractivity contribution in [1.82, 2.24) is 20.4 Å². The van der Waals surface area contributed by atoms with E-state index in [1.807, 2.05) is 44.2 Å². The van der Waals surface area contributed by atoms with Crippen molar-refractivity contribution in [2.45, 2.75) is 19.9 Å². The highest BCUT2D eigenvalue weighted by Crippen LogP contribution is 2.35. The lowest BCUT2D eigenvalue weighted by Gasteiger charge is -2.11. The first-order valence-electron chi connectivity index (χ1n) is 9.88. The summed E-state index contributed by atoms with van der Waals surface area (Å²) in [4.78, 5) is 25.0. The molecule has 0 saturated heterocycles. The van der Waals surface area contributed by atoms with Crippen molar-refractivity contribution in [2.75, 3.05) is 20.8 Å². The number of carbonyl (C=O) groups excluding carboxylic acids is 2. The SMILES string of the molecule is COc1ccc(OC)c(-c2nn(-c3ccccc3)cc2C(=O)NCC(=O)NC(C)C)c1. The standard InChI is InChI=1S/C23H26N4O4/c1-15(2)25-21(28)13-24-23(29)19-14-27(16-8-6-5-7-9-16)26-22(19)18-12-17(30-3)10-11-20(18)31-4/h5-12,14-15H,13H2,1-4H3,(H,24,29)(H,25,28). The second-order valence-corrected chi connectivity index (χ2v) is 7.14. The molecule has 2 aromatic carbocycles. The van der Waals surface area contributed by atoms with Gasteiger partial charge in [0, 0.05) is 17.8 Å². The number of hydrogen-bond donors (Lipinski definition) is 2. The van der Waals surface area contributed by atoms with Gasteiger partial charge in [-0.25, -0.2) is 4.68 Å². The fourth-order valence-corrected chi connectivity index (χ4v) is 3.08. The van der Waals surface area contributed by atoms with Crippen LogP contribution >= 0.6 is 0 Å². The summed E-state index contributed by atoms with van der Waals surface area (Å²) in [7, 11) is 3.12. The van der Waals surface area contributed by atoms with Crippen molar-refractivity contribution in [3.8, 4) is 28.4 Å². The Bertz CT molecular complexity index is 1060. The number of methoxy groups -OCH3 is 2. The minimum absolute atomic E-state index is 0.0122. The molecule has 2 N–H and O–H groups in total. The van der Waals surface area contributed by atoms with E-state index in [0.717, 1.165) is 5.69 Å². The summed E-state index contributed by atoms with van der Waals surface area (Å²) < 4.78 is 12.5. The summed E-state index contributed by atoms with van der Waals surface area (Å²) in [6.45, 7) is 3.58. The highest BCUT2D eigenvalue weighted by Gasteiger charge is 2.22. The summed E-state index contributed by atoms with van der Waals surface area (Å²) in [6.07, 6.45) is 1.64. The summed E-state index contributed by atoms with van der Waals surface area (Å²) in [5, 5.41) is 10.1. The Labute approximate surface area is 181 Å². The van der Waals surface area contributed by atoms with Gasteiger partial charge < -0.3 is 20.1 Å². The summed E-state index contributed by atoms with van der Waals surface area (Å²) in [5.74, 6) is 0.471. The van der Waals surface area contributed by atoms with Gasteiger partial charge in [-0.05, 0) is 44.2 Å². The van der Waals surface area contributed by atoms with E-state index in [9.17, 15) is 9.59 Å². The van der Waals surface area contributed by atoms with E-state index in [1.165, 1.54) is 0 Å². The minimum atomic E-state index is -0.416. The predicted octanol–water partition coefficient (Wildman–Crippen LogP) is 2.81. The maximum atomic E-state index is 13.0. The molecule has 0 radical (unpaired) electrons. The Hall–Kier alpha value is -3.81. The van der Waals surface area contributed by atoms with Crippen LogP contribution in [0.5, 0.6) is 11.5 Å². The Morgan fingerprint density at radius 1 is 1.06 bits per heavy atom. The predicted molar refractivity (Wildman–Crippen MR) is 118 cm³/mol. The molecule has 8 heteroatoms. The highest BCUT2D eigenvalue weighted by atomic mass is 16.5. The van der Waals surface area contributed by atoms with Gasteiger partial charge in [0.15, 0.2) is 0 Å². The molecule has 162 valence electrons. The monoisotopic (exact) mass is 422 g/mol. The number of ether oxygens (including phenoxy) is 2. The molecule has 2 amide bonds. The van der Waals surface area contributed by atoms with Crippen molar-refractivity contribution in [3.63, 3.8) is 0 Å². The quantitative estimate of drug-likeness (QED) is 0.582. The third-order valence-electron chi connectivity index (χ3n) is 4.50. The fraction of sp³-hybridized carbons (Fsp3) is 0.261. The van der Waals surface area contributed by atoms with Crippen LogP contribution in [0.4, 0.5) is 0 Å². The molecule has 0 aliphatic heterocycles.